The van der Waals surface area contributed by atoms with Gasteiger partial charge in [-0.3, -0.25) is 4.55 Å². The van der Waals surface area contributed by atoms with Gasteiger partial charge in [-0.15, -0.1) is 0 Å². The number of hydrogen-bond donors (Lipinski definition) is 1. The van der Waals surface area contributed by atoms with E-state index in [0.29, 0.717) is 6.42 Å². The molecule has 24 heavy (non-hydrogen) atoms. The van der Waals surface area contributed by atoms with Gasteiger partial charge >= 0.3 is 18.9 Å². The molecule has 0 rings (SSSR count). The zero-order chi connectivity index (χ0) is 17.2. The molecule has 142 valence electrons. The second-order valence-electron chi connectivity index (χ2n) is 6.94. The maximum absolute atomic E-state index is 10.5. The summed E-state index contributed by atoms with van der Waals surface area (Å²) in [5.41, 5.74) is 0. The largest absolute Gasteiger partial charge is 1.00 e. The molecule has 0 fully saturated rings. The van der Waals surface area contributed by atoms with Crippen molar-refractivity contribution in [3.05, 3.63) is 0 Å². The van der Waals surface area contributed by atoms with Crippen LogP contribution >= 0.6 is 0 Å². The Labute approximate surface area is 165 Å². The predicted octanol–water partition coefficient (Wildman–Crippen LogP) is 3.64. The summed E-state index contributed by atoms with van der Waals surface area (Å²) < 4.78 is 29.7. The molecule has 0 aromatic heterocycles. The van der Waals surface area contributed by atoms with E-state index < -0.39 is 10.1 Å². The van der Waals surface area contributed by atoms with Gasteiger partial charge in [-0.05, 0) is 6.42 Å². The molecule has 0 unspecified atom stereocenters. The topological polar surface area (TPSA) is 54.4 Å². The van der Waals surface area contributed by atoms with E-state index in [1.54, 1.807) is 0 Å². The van der Waals surface area contributed by atoms with Crippen molar-refractivity contribution in [2.45, 2.75) is 116 Å². The van der Waals surface area contributed by atoms with Crippen molar-refractivity contribution < 1.29 is 33.3 Å². The summed E-state index contributed by atoms with van der Waals surface area (Å²) in [6, 6.07) is 0. The van der Waals surface area contributed by atoms with Crippen molar-refractivity contribution in [3.8, 4) is 0 Å². The van der Waals surface area contributed by atoms with E-state index in [2.05, 4.69) is 6.92 Å². The van der Waals surface area contributed by atoms with Crippen LogP contribution in [0.1, 0.15) is 118 Å². The van der Waals surface area contributed by atoms with Gasteiger partial charge < -0.3 is 1.43 Å². The summed E-state index contributed by atoms with van der Waals surface area (Å²) in [4.78, 5) is 0. The molecule has 0 aliphatic carbocycles. The van der Waals surface area contributed by atoms with E-state index in [-0.39, 0.29) is 26.0 Å². The van der Waals surface area contributed by atoms with Crippen molar-refractivity contribution in [2.24, 2.45) is 0 Å². The first kappa shape index (κ1) is 26.7. The average Bonchev–Trinajstić information content (AvgIpc) is 2.49. The quantitative estimate of drug-likeness (QED) is 0.232. The van der Waals surface area contributed by atoms with Gasteiger partial charge in [-0.2, -0.15) is 8.42 Å². The fraction of sp³-hybridized carbons (Fsp3) is 1.00. The molecule has 0 bridgehead atoms. The van der Waals surface area contributed by atoms with E-state index in [9.17, 15) is 8.42 Å². The molecule has 5 heteroatoms. The van der Waals surface area contributed by atoms with Gasteiger partial charge in [0, 0.05) is 0 Å². The fourth-order valence-corrected chi connectivity index (χ4v) is 3.58. The van der Waals surface area contributed by atoms with Crippen molar-refractivity contribution in [2.75, 3.05) is 5.75 Å². The predicted molar refractivity (Wildman–Crippen MR) is 102 cm³/mol. The molecular weight excluding hydrogens is 315 g/mol. The Balaban J connectivity index is -0.00000242. The van der Waals surface area contributed by atoms with Crippen molar-refractivity contribution in [3.63, 3.8) is 0 Å². The Hall–Kier alpha value is 0.507. The minimum atomic E-state index is -3.74. The molecule has 0 aromatic rings. The molecule has 0 amide bonds. The molecule has 0 aromatic carbocycles. The molecule has 0 saturated heterocycles. The van der Waals surface area contributed by atoms with E-state index in [0.717, 1.165) is 12.8 Å². The number of hydrogen-bond acceptors (Lipinski definition) is 2. The van der Waals surface area contributed by atoms with Gasteiger partial charge in [0.1, 0.15) is 0 Å². The average molecular weight is 357 g/mol. The molecule has 0 spiro atoms. The monoisotopic (exact) mass is 356 g/mol. The van der Waals surface area contributed by atoms with Crippen LogP contribution in [-0.4, -0.2) is 18.7 Å². The van der Waals surface area contributed by atoms with Gasteiger partial charge in [-0.1, -0.05) is 110 Å². The van der Waals surface area contributed by atoms with Crippen LogP contribution in [0.3, 0.4) is 0 Å². The summed E-state index contributed by atoms with van der Waals surface area (Å²) in [5.74, 6) is -0.0778. The van der Waals surface area contributed by atoms with Gasteiger partial charge in [0.05, 0.1) is 5.75 Å². The van der Waals surface area contributed by atoms with Gasteiger partial charge in [0.25, 0.3) is 10.1 Å². The Kier molecular flexibility index (Phi) is 22.1. The first-order chi connectivity index (χ1) is 11.1. The van der Waals surface area contributed by atoms with Crippen LogP contribution in [0.2, 0.25) is 0 Å². The second kappa shape index (κ2) is 19.8. The van der Waals surface area contributed by atoms with Crippen LogP contribution < -0.4 is 18.9 Å². The third-order valence-corrected chi connectivity index (χ3v) is 5.31. The fourth-order valence-electron chi connectivity index (χ4n) is 3.01. The Morgan fingerprint density at radius 2 is 0.833 bits per heavy atom. The van der Waals surface area contributed by atoms with Crippen LogP contribution in [0.25, 0.3) is 0 Å². The SMILES string of the molecule is CCCCCCCCCCCCCCCCCCCS(=O)(=O)O.[H-].[Li+]. The summed E-state index contributed by atoms with van der Waals surface area (Å²) in [6.45, 7) is 2.27. The first-order valence-electron chi connectivity index (χ1n) is 10.0. The maximum atomic E-state index is 10.5. The zero-order valence-electron chi connectivity index (χ0n) is 17.4. The molecule has 0 radical (unpaired) electrons. The van der Waals surface area contributed by atoms with Gasteiger partial charge in [-0.25, -0.2) is 0 Å². The van der Waals surface area contributed by atoms with E-state index in [1.165, 1.54) is 89.9 Å². The minimum absolute atomic E-state index is 0. The minimum Gasteiger partial charge on any atom is -1.00 e. The molecule has 1 N–H and O–H groups in total. The molecule has 0 saturated carbocycles. The normalized spacial score (nSPS) is 11.4. The van der Waals surface area contributed by atoms with Crippen molar-refractivity contribution in [1.29, 1.82) is 0 Å². The Bertz CT molecular complexity index is 338. The molecule has 0 atom stereocenters. The van der Waals surface area contributed by atoms with Crippen LogP contribution in [0.5, 0.6) is 0 Å². The third kappa shape index (κ3) is 24.8. The van der Waals surface area contributed by atoms with E-state index in [1.807, 2.05) is 0 Å². The molecule has 0 aliphatic rings. The Morgan fingerprint density at radius 1 is 0.583 bits per heavy atom. The molecule has 0 aliphatic heterocycles. The summed E-state index contributed by atoms with van der Waals surface area (Å²) in [7, 11) is -3.74. The van der Waals surface area contributed by atoms with Crippen molar-refractivity contribution >= 4 is 10.1 Å². The van der Waals surface area contributed by atoms with Crippen LogP contribution in [-0.2, 0) is 10.1 Å². The number of unbranched alkanes of at least 4 members (excludes halogenated alkanes) is 16. The molecular formula is C19H41LiO3S. The molecule has 0 heterocycles. The van der Waals surface area contributed by atoms with Crippen LogP contribution in [0.15, 0.2) is 0 Å². The summed E-state index contributed by atoms with van der Waals surface area (Å²) in [5, 5.41) is 0. The smallest absolute Gasteiger partial charge is 1.00 e. The number of rotatable bonds is 18. The first-order valence-corrected chi connectivity index (χ1v) is 11.6. The molecule has 3 nitrogen and oxygen atoms in total. The van der Waals surface area contributed by atoms with E-state index in [4.69, 9.17) is 4.55 Å². The van der Waals surface area contributed by atoms with Crippen LogP contribution in [0, 0.1) is 0 Å². The van der Waals surface area contributed by atoms with Gasteiger partial charge in [0.15, 0.2) is 0 Å². The van der Waals surface area contributed by atoms with Crippen molar-refractivity contribution in [1.82, 2.24) is 0 Å². The van der Waals surface area contributed by atoms with Gasteiger partial charge in [0.2, 0.25) is 0 Å². The van der Waals surface area contributed by atoms with E-state index >= 15 is 0 Å². The standard InChI is InChI=1S/C19H40O3S.Li.H/c1-2-3-4-5-6-7-8-9-10-11-12-13-14-15-16-17-18-19-23(20,21)22;;/h2-19H2,1H3,(H,20,21,22);;/q;+1;-1. The second-order valence-corrected chi connectivity index (χ2v) is 8.51. The third-order valence-electron chi connectivity index (χ3n) is 4.51. The van der Waals surface area contributed by atoms with Crippen LogP contribution in [0.4, 0.5) is 0 Å². The maximum Gasteiger partial charge on any atom is 1.00 e. The summed E-state index contributed by atoms with van der Waals surface area (Å²) in [6.07, 6.45) is 21.8. The zero-order valence-corrected chi connectivity index (χ0v) is 17.2. The summed E-state index contributed by atoms with van der Waals surface area (Å²) >= 11 is 0. The Morgan fingerprint density at radius 3 is 1.08 bits per heavy atom.